The van der Waals surface area contributed by atoms with E-state index >= 15 is 0 Å². The first kappa shape index (κ1) is 53.8. The normalized spacial score (nSPS) is 22.9. The molecule has 8 atom stereocenters. The van der Waals surface area contributed by atoms with Gasteiger partial charge in [-0.2, -0.15) is 0 Å². The van der Waals surface area contributed by atoms with Gasteiger partial charge in [-0.25, -0.2) is 4.99 Å². The van der Waals surface area contributed by atoms with E-state index in [4.69, 9.17) is 27.1 Å². The number of halogens is 1. The molecule has 0 radical (unpaired) electrons. The molecule has 21 heteroatoms. The maximum atomic E-state index is 14.3. The number of carbonyl (C=O) groups excluding carboxylic acids is 3. The molecule has 2 saturated heterocycles. The number of rotatable bonds is 15. The van der Waals surface area contributed by atoms with E-state index in [1.165, 1.54) is 22.1 Å². The van der Waals surface area contributed by atoms with Crippen molar-refractivity contribution in [1.29, 1.82) is 0 Å². The maximum absolute atomic E-state index is 14.3. The summed E-state index contributed by atoms with van der Waals surface area (Å²) in [6.07, 6.45) is 1.36. The van der Waals surface area contributed by atoms with Crippen LogP contribution in [-0.4, -0.2) is 151 Å². The van der Waals surface area contributed by atoms with Gasteiger partial charge in [-0.3, -0.25) is 38.7 Å². The number of aliphatic hydroxyl groups excluding tert-OH is 2. The molecule has 0 spiro atoms. The highest BCUT2D eigenvalue weighted by atomic mass is 35.5. The molecule has 2 aromatic carbocycles. The quantitative estimate of drug-likeness (QED) is 0.0730. The Morgan fingerprint density at radius 2 is 1.74 bits per heavy atom. The van der Waals surface area contributed by atoms with E-state index in [-0.39, 0.29) is 48.8 Å². The van der Waals surface area contributed by atoms with Gasteiger partial charge in [-0.1, -0.05) is 68.8 Å². The van der Waals surface area contributed by atoms with Crippen LogP contribution in [-0.2, 0) is 19.1 Å². The predicted molar refractivity (Wildman–Crippen MR) is 287 cm³/mol. The highest BCUT2D eigenvalue weighted by Gasteiger charge is 2.45. The van der Waals surface area contributed by atoms with Gasteiger partial charge in [0.05, 0.1) is 41.4 Å². The summed E-state index contributed by atoms with van der Waals surface area (Å²) in [6, 6.07) is 13.1. The minimum Gasteiger partial charge on any atom is -0.468 e. The minimum absolute atomic E-state index is 0.0513. The Morgan fingerprint density at radius 1 is 1.03 bits per heavy atom. The van der Waals surface area contributed by atoms with E-state index in [1.807, 2.05) is 81.5 Å². The average Bonchev–Trinajstić information content (AvgIpc) is 4.13. The third-order valence-electron chi connectivity index (χ3n) is 14.0. The molecule has 390 valence electrons. The van der Waals surface area contributed by atoms with E-state index in [0.29, 0.717) is 43.4 Å². The van der Waals surface area contributed by atoms with Crippen LogP contribution in [0.5, 0.6) is 0 Å². The zero-order valence-electron chi connectivity index (χ0n) is 42.7. The summed E-state index contributed by atoms with van der Waals surface area (Å²) in [5, 5.41) is 39.3. The van der Waals surface area contributed by atoms with Gasteiger partial charge in [0.15, 0.2) is 12.4 Å². The van der Waals surface area contributed by atoms with E-state index in [0.717, 1.165) is 44.4 Å². The lowest BCUT2D eigenvalue weighted by molar-refractivity contribution is -0.144. The number of nitrogens with one attached hydrogen (secondary N) is 2. The second-order valence-corrected chi connectivity index (χ2v) is 22.9. The molecule has 73 heavy (non-hydrogen) atoms. The number of nitrogens with two attached hydrogens (primary N) is 1. The summed E-state index contributed by atoms with van der Waals surface area (Å²) in [5.74, 6) is 0.116. The Hall–Kier alpha value is -5.48. The highest BCUT2D eigenvalue weighted by Crippen LogP contribution is 2.41. The zero-order chi connectivity index (χ0) is 52.3. The molecule has 6 N–H and O–H groups in total. The van der Waals surface area contributed by atoms with Crippen LogP contribution in [0.4, 0.5) is 0 Å². The summed E-state index contributed by atoms with van der Waals surface area (Å²) in [6.45, 7) is 17.6. The first-order chi connectivity index (χ1) is 34.8. The fourth-order valence-electron chi connectivity index (χ4n) is 9.68. The summed E-state index contributed by atoms with van der Waals surface area (Å²) in [4.78, 5) is 62.7. The van der Waals surface area contributed by atoms with E-state index < -0.39 is 54.3 Å². The molecular formula is C52H67ClN12O6S2. The van der Waals surface area contributed by atoms with Gasteiger partial charge in [0.2, 0.25) is 17.7 Å². The van der Waals surface area contributed by atoms with Crippen molar-refractivity contribution in [3.05, 3.63) is 110 Å². The van der Waals surface area contributed by atoms with Crippen LogP contribution in [0.15, 0.2) is 75.8 Å². The van der Waals surface area contributed by atoms with E-state index in [1.54, 1.807) is 23.1 Å². The molecule has 0 saturated carbocycles. The van der Waals surface area contributed by atoms with Crippen LogP contribution in [0.2, 0.25) is 5.02 Å². The molecule has 0 bridgehead atoms. The maximum Gasteiger partial charge on any atom is 0.258 e. The molecule has 8 rings (SSSR count). The smallest absolute Gasteiger partial charge is 0.258 e. The largest absolute Gasteiger partial charge is 0.468 e. The first-order valence-electron chi connectivity index (χ1n) is 24.7. The van der Waals surface area contributed by atoms with Crippen molar-refractivity contribution >= 4 is 69.6 Å². The van der Waals surface area contributed by atoms with Crippen molar-refractivity contribution in [2.75, 3.05) is 46.0 Å². The molecule has 4 aromatic rings. The van der Waals surface area contributed by atoms with Crippen molar-refractivity contribution in [3.8, 4) is 5.00 Å². The molecule has 4 aliphatic heterocycles. The van der Waals surface area contributed by atoms with Gasteiger partial charge in [0.25, 0.3) is 5.91 Å². The third-order valence-corrected chi connectivity index (χ3v) is 16.6. The number of fused-ring (bicyclic) bond motifs is 3. The predicted octanol–water partition coefficient (Wildman–Crippen LogP) is 5.55. The number of amides is 3. The molecule has 3 unspecified atom stereocenters. The van der Waals surface area contributed by atoms with Crippen LogP contribution in [0.25, 0.3) is 5.00 Å². The van der Waals surface area contributed by atoms with Gasteiger partial charge in [0, 0.05) is 72.7 Å². The number of hydrogen-bond acceptors (Lipinski definition) is 16. The lowest BCUT2D eigenvalue weighted by Gasteiger charge is -2.37. The van der Waals surface area contributed by atoms with Crippen LogP contribution in [0, 0.1) is 26.2 Å². The molecule has 6 heterocycles. The van der Waals surface area contributed by atoms with Crippen LogP contribution < -0.4 is 16.4 Å². The summed E-state index contributed by atoms with van der Waals surface area (Å²) in [5.41, 5.74) is 12.9. The average molecular weight is 1060 g/mol. The van der Waals surface area contributed by atoms with E-state index in [9.17, 15) is 24.6 Å². The highest BCUT2D eigenvalue weighted by molar-refractivity contribution is 8.12. The zero-order valence-corrected chi connectivity index (χ0v) is 45.0. The SMILES string of the molecule is Cc1sc2c(c1C)C(c1ccc(Cl)cc1)=N[C@@H](CC(O)N1CCN(C/N=C(\C=C/N)OCC(=O)N[C@H](C(=O)N3C[C@H](O)C[C@H]3C(=O)N[C@@H](C)c3ccc(C4SC=NC4C)cc3)C(C)(C)C)CC1)c1nnc(C)n1-2. The fourth-order valence-corrected chi connectivity index (χ4v) is 12.0. The number of piperazine rings is 1. The molecule has 3 amide bonds. The Balaban J connectivity index is 0.849. The first-order valence-corrected chi connectivity index (χ1v) is 26.9. The van der Waals surface area contributed by atoms with Gasteiger partial charge < -0.3 is 36.2 Å². The van der Waals surface area contributed by atoms with Gasteiger partial charge in [-0.05, 0) is 75.1 Å². The number of thioether (sulfide) groups is 1. The Morgan fingerprint density at radius 3 is 2.40 bits per heavy atom. The monoisotopic (exact) mass is 1050 g/mol. The third kappa shape index (κ3) is 12.2. The number of carbonyl (C=O) groups is 3. The summed E-state index contributed by atoms with van der Waals surface area (Å²) >= 11 is 9.67. The lowest BCUT2D eigenvalue weighted by Crippen LogP contribution is -2.58. The molecule has 0 aliphatic carbocycles. The van der Waals surface area contributed by atoms with E-state index in [2.05, 4.69) is 73.2 Å². The van der Waals surface area contributed by atoms with Crippen LogP contribution in [0.1, 0.15) is 109 Å². The second-order valence-electron chi connectivity index (χ2n) is 20.3. The number of aromatic nitrogens is 3. The van der Waals surface area contributed by atoms with Crippen LogP contribution in [0.3, 0.4) is 0 Å². The Labute approximate surface area is 440 Å². The number of nitrogens with zero attached hydrogens (tertiary/aromatic N) is 9. The number of ether oxygens (including phenoxy) is 1. The number of β-amino-alcohol motifs (C(OH)–C–C–N with tert-alkyl or cyclic N) is 1. The van der Waals surface area contributed by atoms with Gasteiger partial charge >= 0.3 is 0 Å². The Kier molecular flexibility index (Phi) is 16.9. The lowest BCUT2D eigenvalue weighted by atomic mass is 9.85. The van der Waals surface area contributed by atoms with Crippen molar-refractivity contribution in [1.82, 2.24) is 40.1 Å². The van der Waals surface area contributed by atoms with Gasteiger partial charge in [-0.15, -0.1) is 33.3 Å². The number of thiophene rings is 1. The molecule has 2 aromatic heterocycles. The molecule has 18 nitrogen and oxygen atoms in total. The molecule has 2 fully saturated rings. The molecule has 4 aliphatic rings. The Bertz CT molecular complexity index is 2760. The standard InChI is InChI=1S/C52H67ClN12O6S2/c1-29-32(4)73-51-44(29)45(35-13-15-37(53)16-14-35)58-39(48-61-60-33(5)65(48)51)24-43(68)63-21-19-62(20-22-63)27-55-42(17-18-54)71-26-41(67)59-47(52(6,7)8)50(70)64-25-38(66)23-40(64)49(69)57-30(2)34-9-11-36(12-10-34)46-31(3)56-28-72-46/h9-18,28,30-31,38-40,43,46-47,66,68H,19-27,54H2,1-8H3,(H,57,69)(H,59,67)/b18-17-,55-42+/t30-,31?,38+,39-,40-,43?,46?,47+/m0/s1. The van der Waals surface area contributed by atoms with Crippen molar-refractivity contribution in [2.24, 2.45) is 26.1 Å². The number of benzene rings is 2. The van der Waals surface area contributed by atoms with Crippen LogP contribution >= 0.6 is 34.7 Å². The minimum atomic E-state index is -1.05. The fraction of sp³-hybridized carbons (Fsp3) is 0.500. The van der Waals surface area contributed by atoms with Crippen molar-refractivity contribution in [3.63, 3.8) is 0 Å². The van der Waals surface area contributed by atoms with Crippen molar-refractivity contribution in [2.45, 2.75) is 116 Å². The molecular weight excluding hydrogens is 988 g/mol. The number of aryl methyl sites for hydroxylation is 2. The number of aliphatic hydroxyl groups is 2. The number of hydrogen-bond donors (Lipinski definition) is 5. The topological polar surface area (TPSA) is 228 Å². The van der Waals surface area contributed by atoms with Crippen molar-refractivity contribution < 1.29 is 29.3 Å². The second kappa shape index (κ2) is 23.0. The number of likely N-dealkylation sites (tertiary alicyclic amines) is 1. The summed E-state index contributed by atoms with van der Waals surface area (Å²) < 4.78 is 7.92. The number of aliphatic imine (C=N–C) groups is 3. The van der Waals surface area contributed by atoms with Gasteiger partial charge in [0.1, 0.15) is 35.2 Å². The summed E-state index contributed by atoms with van der Waals surface area (Å²) in [7, 11) is 0.